The zero-order chi connectivity index (χ0) is 20.8. The minimum Gasteiger partial charge on any atom is -0.467 e. The van der Waals surface area contributed by atoms with Crippen LogP contribution < -0.4 is 5.32 Å². The summed E-state index contributed by atoms with van der Waals surface area (Å²) in [5.41, 5.74) is 2.06. The molecule has 0 aliphatic rings. The van der Waals surface area contributed by atoms with E-state index in [0.717, 1.165) is 17.0 Å². The molecular weight excluding hydrogens is 398 g/mol. The molecule has 8 heteroatoms. The van der Waals surface area contributed by atoms with Crippen LogP contribution in [0.2, 0.25) is 0 Å². The lowest BCUT2D eigenvalue weighted by atomic mass is 10.2. The van der Waals surface area contributed by atoms with E-state index in [1.54, 1.807) is 24.7 Å². The van der Waals surface area contributed by atoms with E-state index in [1.165, 1.54) is 11.8 Å². The highest BCUT2D eigenvalue weighted by molar-refractivity contribution is 8.00. The second kappa shape index (κ2) is 9.41. The number of hydrogen-bond acceptors (Lipinski definition) is 6. The first-order valence-electron chi connectivity index (χ1n) is 9.55. The third-order valence-corrected chi connectivity index (χ3v) is 5.59. The second-order valence-electron chi connectivity index (χ2n) is 6.67. The van der Waals surface area contributed by atoms with Gasteiger partial charge in [0.1, 0.15) is 5.76 Å². The predicted octanol–water partition coefficient (Wildman–Crippen LogP) is 3.78. The molecule has 4 aromatic rings. The summed E-state index contributed by atoms with van der Waals surface area (Å²) in [7, 11) is 0. The number of furan rings is 1. The van der Waals surface area contributed by atoms with Crippen LogP contribution in [-0.2, 0) is 17.9 Å². The fourth-order valence-electron chi connectivity index (χ4n) is 2.94. The molecule has 0 aliphatic heterocycles. The Morgan fingerprint density at radius 1 is 1.10 bits per heavy atom. The molecule has 3 aromatic heterocycles. The van der Waals surface area contributed by atoms with Gasteiger partial charge in [-0.25, -0.2) is 0 Å². The molecular formula is C22H21N5O2S. The Bertz CT molecular complexity index is 1080. The van der Waals surface area contributed by atoms with Crippen molar-refractivity contribution >= 4 is 17.7 Å². The molecule has 0 aliphatic carbocycles. The molecule has 1 amide bonds. The standard InChI is InChI=1S/C22H21N5O2S/c1-16(21(28)24-14-19-8-5-13-29-19)30-22-26-25-20(18-9-11-23-12-10-18)27(22)15-17-6-3-2-4-7-17/h2-13,16H,14-15H2,1H3,(H,24,28). The number of pyridine rings is 1. The molecule has 0 saturated heterocycles. The number of hydrogen-bond donors (Lipinski definition) is 1. The summed E-state index contributed by atoms with van der Waals surface area (Å²) in [5, 5.41) is 12.0. The van der Waals surface area contributed by atoms with Crippen LogP contribution in [0.5, 0.6) is 0 Å². The summed E-state index contributed by atoms with van der Waals surface area (Å²) >= 11 is 1.38. The van der Waals surface area contributed by atoms with Gasteiger partial charge in [0.25, 0.3) is 0 Å². The number of carbonyl (C=O) groups is 1. The molecule has 30 heavy (non-hydrogen) atoms. The van der Waals surface area contributed by atoms with Crippen molar-refractivity contribution in [1.29, 1.82) is 0 Å². The number of benzene rings is 1. The summed E-state index contributed by atoms with van der Waals surface area (Å²) in [5.74, 6) is 1.37. The Hall–Kier alpha value is -3.39. The van der Waals surface area contributed by atoms with Gasteiger partial charge < -0.3 is 9.73 Å². The van der Waals surface area contributed by atoms with Crippen molar-refractivity contribution in [2.75, 3.05) is 0 Å². The van der Waals surface area contributed by atoms with Gasteiger partial charge in [-0.3, -0.25) is 14.3 Å². The molecule has 7 nitrogen and oxygen atoms in total. The first-order valence-corrected chi connectivity index (χ1v) is 10.4. The maximum absolute atomic E-state index is 12.5. The molecule has 3 heterocycles. The van der Waals surface area contributed by atoms with E-state index < -0.39 is 0 Å². The number of thioether (sulfide) groups is 1. The van der Waals surface area contributed by atoms with Gasteiger partial charge in [0.15, 0.2) is 11.0 Å². The van der Waals surface area contributed by atoms with Crippen LogP contribution in [0, 0.1) is 0 Å². The monoisotopic (exact) mass is 419 g/mol. The summed E-state index contributed by atoms with van der Waals surface area (Å²) in [6.07, 6.45) is 5.05. The van der Waals surface area contributed by atoms with Crippen molar-refractivity contribution in [3.8, 4) is 11.4 Å². The lowest BCUT2D eigenvalue weighted by Crippen LogP contribution is -2.30. The Kier molecular flexibility index (Phi) is 6.24. The van der Waals surface area contributed by atoms with Gasteiger partial charge in [-0.15, -0.1) is 10.2 Å². The normalized spacial score (nSPS) is 11.9. The molecule has 152 valence electrons. The quantitative estimate of drug-likeness (QED) is 0.438. The minimum atomic E-state index is -0.344. The molecule has 1 aromatic carbocycles. The summed E-state index contributed by atoms with van der Waals surface area (Å²) in [4.78, 5) is 16.6. The highest BCUT2D eigenvalue weighted by Gasteiger charge is 2.21. The zero-order valence-corrected chi connectivity index (χ0v) is 17.2. The molecule has 0 fully saturated rings. The fraction of sp³-hybridized carbons (Fsp3) is 0.182. The average molecular weight is 420 g/mol. The first-order chi connectivity index (χ1) is 14.7. The minimum absolute atomic E-state index is 0.0869. The van der Waals surface area contributed by atoms with Crippen molar-refractivity contribution < 1.29 is 9.21 Å². The van der Waals surface area contributed by atoms with E-state index >= 15 is 0 Å². The maximum atomic E-state index is 12.5. The number of nitrogens with zero attached hydrogens (tertiary/aromatic N) is 4. The van der Waals surface area contributed by atoms with Crippen LogP contribution in [0.1, 0.15) is 18.2 Å². The zero-order valence-electron chi connectivity index (χ0n) is 16.4. The summed E-state index contributed by atoms with van der Waals surface area (Å²) in [6.45, 7) is 2.82. The van der Waals surface area contributed by atoms with Crippen LogP contribution in [0.25, 0.3) is 11.4 Å². The summed E-state index contributed by atoms with van der Waals surface area (Å²) in [6, 6.07) is 17.5. The number of carbonyl (C=O) groups excluding carboxylic acids is 1. The largest absolute Gasteiger partial charge is 0.467 e. The van der Waals surface area contributed by atoms with Crippen LogP contribution >= 0.6 is 11.8 Å². The maximum Gasteiger partial charge on any atom is 0.233 e. The second-order valence-corrected chi connectivity index (χ2v) is 7.98. The van der Waals surface area contributed by atoms with Crippen molar-refractivity contribution in [1.82, 2.24) is 25.1 Å². The van der Waals surface area contributed by atoms with Crippen LogP contribution in [-0.4, -0.2) is 30.9 Å². The van der Waals surface area contributed by atoms with Crippen molar-refractivity contribution in [2.45, 2.75) is 30.4 Å². The smallest absolute Gasteiger partial charge is 0.233 e. The average Bonchev–Trinajstić information content (AvgIpc) is 3.44. The summed E-state index contributed by atoms with van der Waals surface area (Å²) < 4.78 is 7.30. The molecule has 1 N–H and O–H groups in total. The molecule has 0 saturated carbocycles. The van der Waals surface area contributed by atoms with Gasteiger partial charge in [-0.2, -0.15) is 0 Å². The predicted molar refractivity (Wildman–Crippen MR) is 115 cm³/mol. The molecule has 0 spiro atoms. The van der Waals surface area contributed by atoms with Gasteiger partial charge in [0.2, 0.25) is 5.91 Å². The van der Waals surface area contributed by atoms with E-state index in [1.807, 2.05) is 47.9 Å². The lowest BCUT2D eigenvalue weighted by molar-refractivity contribution is -0.120. The highest BCUT2D eigenvalue weighted by atomic mass is 32.2. The number of amides is 1. The van der Waals surface area contributed by atoms with Crippen molar-refractivity contribution in [3.63, 3.8) is 0 Å². The van der Waals surface area contributed by atoms with E-state index in [0.29, 0.717) is 24.0 Å². The van der Waals surface area contributed by atoms with E-state index in [9.17, 15) is 4.79 Å². The van der Waals surface area contributed by atoms with E-state index in [2.05, 4.69) is 32.6 Å². The van der Waals surface area contributed by atoms with Crippen LogP contribution in [0.3, 0.4) is 0 Å². The van der Waals surface area contributed by atoms with Gasteiger partial charge in [0, 0.05) is 18.0 Å². The Morgan fingerprint density at radius 3 is 2.63 bits per heavy atom. The first kappa shape index (κ1) is 19.9. The lowest BCUT2D eigenvalue weighted by Gasteiger charge is -2.14. The Balaban J connectivity index is 1.54. The SMILES string of the molecule is CC(Sc1nnc(-c2ccncc2)n1Cc1ccccc1)C(=O)NCc1ccco1. The Morgan fingerprint density at radius 2 is 1.90 bits per heavy atom. The number of nitrogens with one attached hydrogen (secondary N) is 1. The molecule has 0 bridgehead atoms. The third-order valence-electron chi connectivity index (χ3n) is 4.51. The molecule has 4 rings (SSSR count). The highest BCUT2D eigenvalue weighted by Crippen LogP contribution is 2.27. The van der Waals surface area contributed by atoms with Gasteiger partial charge >= 0.3 is 0 Å². The molecule has 0 radical (unpaired) electrons. The molecule has 1 unspecified atom stereocenters. The van der Waals surface area contributed by atoms with Crippen LogP contribution in [0.15, 0.2) is 82.8 Å². The topological polar surface area (TPSA) is 85.8 Å². The van der Waals surface area contributed by atoms with Crippen LogP contribution in [0.4, 0.5) is 0 Å². The number of aromatic nitrogens is 4. The van der Waals surface area contributed by atoms with Gasteiger partial charge in [-0.05, 0) is 36.8 Å². The van der Waals surface area contributed by atoms with Gasteiger partial charge in [-0.1, -0.05) is 42.1 Å². The van der Waals surface area contributed by atoms with Crippen molar-refractivity contribution in [3.05, 3.63) is 84.6 Å². The Labute approximate surface area is 178 Å². The number of rotatable bonds is 8. The van der Waals surface area contributed by atoms with Gasteiger partial charge in [0.05, 0.1) is 24.6 Å². The fourth-order valence-corrected chi connectivity index (χ4v) is 3.81. The third kappa shape index (κ3) is 4.77. The van der Waals surface area contributed by atoms with Crippen molar-refractivity contribution in [2.24, 2.45) is 0 Å². The van der Waals surface area contributed by atoms with E-state index in [4.69, 9.17) is 4.42 Å². The molecule has 1 atom stereocenters. The van der Waals surface area contributed by atoms with E-state index in [-0.39, 0.29) is 11.2 Å².